The molecule has 1 unspecified atom stereocenters. The zero-order valence-electron chi connectivity index (χ0n) is 18.6. The fourth-order valence-corrected chi connectivity index (χ4v) is 7.31. The Hall–Kier alpha value is -0.353. The second kappa shape index (κ2) is 8.21. The average molecular weight is 577 g/mol. The van der Waals surface area contributed by atoms with Gasteiger partial charge in [0.25, 0.3) is 0 Å². The topological polar surface area (TPSA) is 41.9 Å². The van der Waals surface area contributed by atoms with E-state index in [2.05, 4.69) is 70.0 Å². The molecule has 0 aliphatic carbocycles. The minimum atomic E-state index is -1.99. The fraction of sp³-hybridized carbons (Fsp3) is 0.545. The van der Waals surface area contributed by atoms with E-state index in [1.807, 2.05) is 36.1 Å². The molecule has 0 saturated carbocycles. The van der Waals surface area contributed by atoms with Gasteiger partial charge in [-0.3, -0.25) is 9.69 Å². The monoisotopic (exact) mass is 576 g/mol. The first-order valence-electron chi connectivity index (χ1n) is 10.1. The van der Waals surface area contributed by atoms with E-state index in [1.54, 1.807) is 11.8 Å². The first-order chi connectivity index (χ1) is 13.7. The lowest BCUT2D eigenvalue weighted by molar-refractivity contribution is -0.154. The van der Waals surface area contributed by atoms with Gasteiger partial charge in [0.2, 0.25) is 5.91 Å². The molecule has 8 heteroatoms. The Morgan fingerprint density at radius 3 is 2.60 bits per heavy atom. The summed E-state index contributed by atoms with van der Waals surface area (Å²) in [4.78, 5) is 19.9. The molecule has 1 aromatic rings. The molecule has 0 radical (unpaired) electrons. The highest BCUT2D eigenvalue weighted by Gasteiger charge is 2.66. The molecule has 1 aromatic carbocycles. The Kier molecular flexibility index (Phi) is 6.65. The number of hydrogen-bond acceptors (Lipinski definition) is 4. The van der Waals surface area contributed by atoms with Crippen molar-refractivity contribution in [2.24, 2.45) is 10.9 Å². The Morgan fingerprint density at radius 2 is 2.07 bits per heavy atom. The first-order valence-corrected chi connectivity index (χ1v) is 15.3. The van der Waals surface area contributed by atoms with Gasteiger partial charge in [0, 0.05) is 8.60 Å². The van der Waals surface area contributed by atoms with Gasteiger partial charge in [-0.2, -0.15) is 0 Å². The molecule has 4 atom stereocenters. The number of benzene rings is 1. The number of carbonyl (C=O) groups excluding carboxylic acids is 1. The van der Waals surface area contributed by atoms with Crippen LogP contribution >= 0.6 is 46.0 Å². The third-order valence-corrected chi connectivity index (χ3v) is 14.3. The van der Waals surface area contributed by atoms with Gasteiger partial charge in [-0.15, -0.1) is 0 Å². The van der Waals surface area contributed by atoms with E-state index in [1.165, 1.54) is 0 Å². The van der Waals surface area contributed by atoms with Crippen LogP contribution in [0.4, 0.5) is 5.69 Å². The van der Waals surface area contributed by atoms with Crippen LogP contribution < -0.4 is 0 Å². The van der Waals surface area contributed by atoms with Crippen LogP contribution in [0.2, 0.25) is 23.2 Å². The number of amides is 1. The zero-order chi connectivity index (χ0) is 22.6. The van der Waals surface area contributed by atoms with Crippen molar-refractivity contribution in [1.82, 2.24) is 4.90 Å². The van der Waals surface area contributed by atoms with Crippen LogP contribution in [0.3, 0.4) is 0 Å². The van der Waals surface area contributed by atoms with E-state index >= 15 is 0 Å². The maximum Gasteiger partial charge on any atom is 0.236 e. The van der Waals surface area contributed by atoms with Crippen molar-refractivity contribution in [1.29, 1.82) is 0 Å². The Balaban J connectivity index is 1.93. The predicted molar refractivity (Wildman–Crippen MR) is 140 cm³/mol. The number of carbonyl (C=O) groups is 1. The lowest BCUT2D eigenvalue weighted by atomic mass is 9.76. The summed E-state index contributed by atoms with van der Waals surface area (Å²) in [6, 6.07) is 7.37. The van der Waals surface area contributed by atoms with Gasteiger partial charge in [0.15, 0.2) is 13.5 Å². The molecule has 0 bridgehead atoms. The standard InChI is InChI=1S/C22H30ClIN2O2SSi/c1-13(28-30(7,8)21(3,4)5)17-18-22(6,14(2)24)29-20(26(18)19(17)27)25-16-11-9-10-15(23)12-16/h9-13,17-18H,2H2,1,3-8H3/t13-,17-,18+,22?/m1/s1. The van der Waals surface area contributed by atoms with E-state index in [0.717, 1.165) is 9.27 Å². The Bertz CT molecular complexity index is 917. The minimum Gasteiger partial charge on any atom is -0.413 e. The second-order valence-corrected chi connectivity index (χ2v) is 17.7. The number of amidine groups is 1. The summed E-state index contributed by atoms with van der Waals surface area (Å²) in [5.74, 6) is -0.115. The maximum atomic E-state index is 13.3. The van der Waals surface area contributed by atoms with Crippen LogP contribution in [0, 0.1) is 5.92 Å². The lowest BCUT2D eigenvalue weighted by Gasteiger charge is -2.51. The van der Waals surface area contributed by atoms with E-state index in [4.69, 9.17) is 21.0 Å². The van der Waals surface area contributed by atoms with Crippen LogP contribution in [0.5, 0.6) is 0 Å². The van der Waals surface area contributed by atoms with E-state index in [-0.39, 0.29) is 33.8 Å². The van der Waals surface area contributed by atoms with Crippen molar-refractivity contribution < 1.29 is 9.22 Å². The molecule has 2 aliphatic rings. The summed E-state index contributed by atoms with van der Waals surface area (Å²) in [7, 11) is -1.99. The lowest BCUT2D eigenvalue weighted by Crippen LogP contribution is -2.68. The van der Waals surface area contributed by atoms with Crippen LogP contribution in [0.15, 0.2) is 39.4 Å². The van der Waals surface area contributed by atoms with Crippen LogP contribution in [-0.4, -0.2) is 41.2 Å². The SMILES string of the molecule is C=C(I)C1(C)SC(=Nc2cccc(Cl)c2)N2C(=O)[C@H]([C@@H](C)O[Si](C)(C)C(C)(C)C)[C@H]21. The minimum absolute atomic E-state index is 0.0166. The van der Waals surface area contributed by atoms with Gasteiger partial charge in [0.05, 0.1) is 28.5 Å². The number of hydrogen-bond donors (Lipinski definition) is 0. The maximum absolute atomic E-state index is 13.3. The smallest absolute Gasteiger partial charge is 0.236 e. The predicted octanol–water partition coefficient (Wildman–Crippen LogP) is 7.02. The largest absolute Gasteiger partial charge is 0.413 e. The zero-order valence-corrected chi connectivity index (χ0v) is 23.4. The number of halogens is 2. The summed E-state index contributed by atoms with van der Waals surface area (Å²) in [6.07, 6.45) is -0.152. The number of fused-ring (bicyclic) bond motifs is 1. The number of β-lactam (4-membered cyclic amide) rings is 1. The number of rotatable bonds is 5. The highest BCUT2D eigenvalue weighted by atomic mass is 127. The molecular weight excluding hydrogens is 547 g/mol. The number of aliphatic imine (C=N–C) groups is 1. The second-order valence-electron chi connectivity index (χ2n) is 9.75. The summed E-state index contributed by atoms with van der Waals surface area (Å²) in [5.41, 5.74) is 0.744. The molecule has 1 amide bonds. The van der Waals surface area contributed by atoms with E-state index < -0.39 is 8.32 Å². The van der Waals surface area contributed by atoms with E-state index in [9.17, 15) is 4.79 Å². The van der Waals surface area contributed by atoms with Gasteiger partial charge < -0.3 is 4.43 Å². The molecule has 2 aliphatic heterocycles. The molecular formula is C22H30ClIN2O2SSi. The van der Waals surface area contributed by atoms with Crippen LogP contribution in [0.1, 0.15) is 34.6 Å². The van der Waals surface area contributed by atoms with Crippen molar-refractivity contribution >= 4 is 71.0 Å². The quantitative estimate of drug-likeness (QED) is 0.215. The van der Waals surface area contributed by atoms with Crippen molar-refractivity contribution in [3.8, 4) is 0 Å². The van der Waals surface area contributed by atoms with Crippen LogP contribution in [0.25, 0.3) is 0 Å². The van der Waals surface area contributed by atoms with Crippen molar-refractivity contribution in [2.45, 2.75) is 69.6 Å². The Labute approximate surface area is 204 Å². The van der Waals surface area contributed by atoms with Gasteiger partial charge in [-0.05, 0) is 72.8 Å². The average Bonchev–Trinajstić information content (AvgIpc) is 2.82. The van der Waals surface area contributed by atoms with Gasteiger partial charge in [-0.1, -0.05) is 56.8 Å². The highest BCUT2D eigenvalue weighted by Crippen LogP contribution is 2.57. The first kappa shape index (κ1) is 24.3. The molecule has 2 heterocycles. The summed E-state index contributed by atoms with van der Waals surface area (Å²) >= 11 is 10.0. The molecule has 0 spiro atoms. The van der Waals surface area contributed by atoms with Crippen molar-refractivity contribution in [2.75, 3.05) is 0 Å². The summed E-state index contributed by atoms with van der Waals surface area (Å²) < 4.78 is 7.31. The molecule has 0 N–H and O–H groups in total. The molecule has 2 fully saturated rings. The fourth-order valence-electron chi connectivity index (χ4n) is 3.73. The number of thioether (sulfide) groups is 1. The summed E-state index contributed by atoms with van der Waals surface area (Å²) in [5, 5.41) is 1.43. The van der Waals surface area contributed by atoms with E-state index in [0.29, 0.717) is 10.2 Å². The molecule has 164 valence electrons. The number of nitrogens with zero attached hydrogens (tertiary/aromatic N) is 2. The molecule has 4 nitrogen and oxygen atoms in total. The van der Waals surface area contributed by atoms with Gasteiger partial charge in [0.1, 0.15) is 0 Å². The van der Waals surface area contributed by atoms with Crippen molar-refractivity contribution in [3.63, 3.8) is 0 Å². The third-order valence-electron chi connectivity index (χ3n) is 6.58. The normalized spacial score (nSPS) is 29.0. The Morgan fingerprint density at radius 1 is 1.43 bits per heavy atom. The molecule has 3 rings (SSSR count). The molecule has 2 saturated heterocycles. The van der Waals surface area contributed by atoms with Gasteiger partial charge >= 0.3 is 0 Å². The third kappa shape index (κ3) is 4.17. The van der Waals surface area contributed by atoms with Crippen molar-refractivity contribution in [3.05, 3.63) is 39.4 Å². The highest BCUT2D eigenvalue weighted by molar-refractivity contribution is 14.1. The molecule has 30 heavy (non-hydrogen) atoms. The summed E-state index contributed by atoms with van der Waals surface area (Å²) in [6.45, 7) is 19.6. The molecule has 0 aromatic heterocycles. The van der Waals surface area contributed by atoms with Gasteiger partial charge in [-0.25, -0.2) is 4.99 Å². The van der Waals surface area contributed by atoms with Crippen LogP contribution in [-0.2, 0) is 9.22 Å².